The van der Waals surface area contributed by atoms with Gasteiger partial charge in [0.1, 0.15) is 0 Å². The van der Waals surface area contributed by atoms with Crippen molar-refractivity contribution in [3.8, 4) is 0 Å². The smallest absolute Gasteiger partial charge is 0.193 e. The monoisotopic (exact) mass is 481 g/mol. The minimum atomic E-state index is 0. The van der Waals surface area contributed by atoms with Gasteiger partial charge in [-0.3, -0.25) is 4.99 Å². The fourth-order valence-electron chi connectivity index (χ4n) is 2.71. The summed E-state index contributed by atoms with van der Waals surface area (Å²) in [5, 5.41) is 4.13. The molecule has 1 unspecified atom stereocenters. The van der Waals surface area contributed by atoms with Gasteiger partial charge in [0.15, 0.2) is 5.96 Å². The highest BCUT2D eigenvalue weighted by atomic mass is 127. The van der Waals surface area contributed by atoms with E-state index >= 15 is 0 Å². The van der Waals surface area contributed by atoms with Gasteiger partial charge < -0.3 is 19.7 Å². The molecule has 0 saturated carbocycles. The van der Waals surface area contributed by atoms with Gasteiger partial charge in [-0.15, -0.1) is 24.0 Å². The van der Waals surface area contributed by atoms with E-state index in [1.165, 1.54) is 0 Å². The summed E-state index contributed by atoms with van der Waals surface area (Å²) in [6.07, 6.45) is 2.08. The summed E-state index contributed by atoms with van der Waals surface area (Å²) in [5.74, 6) is 1.45. The second-order valence-corrected chi connectivity index (χ2v) is 6.55. The molecule has 0 bridgehead atoms. The maximum Gasteiger partial charge on any atom is 0.193 e. The quantitative estimate of drug-likeness (QED) is 0.268. The molecular weight excluding hydrogens is 453 g/mol. The third kappa shape index (κ3) is 8.57. The van der Waals surface area contributed by atoms with Crippen molar-refractivity contribution in [1.82, 2.24) is 10.2 Å². The summed E-state index contributed by atoms with van der Waals surface area (Å²) in [6.45, 7) is 4.90. The van der Waals surface area contributed by atoms with Gasteiger partial charge in [0.05, 0.1) is 13.2 Å². The van der Waals surface area contributed by atoms with Crippen LogP contribution >= 0.6 is 35.6 Å². The topological polar surface area (TPSA) is 46.1 Å². The first kappa shape index (κ1) is 22.5. The number of hydrogen-bond acceptors (Lipinski definition) is 3. The molecule has 0 aliphatic carbocycles. The summed E-state index contributed by atoms with van der Waals surface area (Å²) < 4.78 is 11.1. The molecule has 1 aromatic carbocycles. The Hall–Kier alpha value is -0.570. The first-order chi connectivity index (χ1) is 11.7. The van der Waals surface area contributed by atoms with Crippen LogP contribution in [0, 0.1) is 5.92 Å². The standard InChI is InChI=1S/C18H28ClN3O2.HI/c1-20-18(22(2)12-15-5-3-6-17(19)11-15)21-8-4-9-23-13-16-7-10-24-14-16;/h3,5-6,11,16H,4,7-10,12-14H2,1-2H3,(H,20,21);1H. The lowest BCUT2D eigenvalue weighted by molar-refractivity contribution is 0.0887. The molecule has 1 heterocycles. The molecule has 1 fully saturated rings. The van der Waals surface area contributed by atoms with Crippen LogP contribution in [0.25, 0.3) is 0 Å². The summed E-state index contributed by atoms with van der Waals surface area (Å²) >= 11 is 6.03. The van der Waals surface area contributed by atoms with Crippen LogP contribution in [0.4, 0.5) is 0 Å². The van der Waals surface area contributed by atoms with Crippen LogP contribution in [-0.2, 0) is 16.0 Å². The molecule has 142 valence electrons. The second kappa shape index (κ2) is 12.7. The Bertz CT molecular complexity index is 525. The number of ether oxygens (including phenoxy) is 2. The Morgan fingerprint density at radius 3 is 3.00 bits per heavy atom. The zero-order chi connectivity index (χ0) is 17.2. The average molecular weight is 482 g/mol. The van der Waals surface area contributed by atoms with E-state index in [-0.39, 0.29) is 24.0 Å². The van der Waals surface area contributed by atoms with Gasteiger partial charge in [-0.1, -0.05) is 23.7 Å². The third-order valence-corrected chi connectivity index (χ3v) is 4.24. The van der Waals surface area contributed by atoms with Crippen LogP contribution < -0.4 is 5.32 Å². The minimum absolute atomic E-state index is 0. The Labute approximate surface area is 173 Å². The molecule has 1 aliphatic rings. The minimum Gasteiger partial charge on any atom is -0.381 e. The van der Waals surface area contributed by atoms with E-state index in [9.17, 15) is 0 Å². The summed E-state index contributed by atoms with van der Waals surface area (Å²) in [7, 11) is 3.82. The Morgan fingerprint density at radius 1 is 1.48 bits per heavy atom. The first-order valence-corrected chi connectivity index (χ1v) is 8.88. The number of aliphatic imine (C=N–C) groups is 1. The molecule has 1 aromatic rings. The van der Waals surface area contributed by atoms with Crippen molar-refractivity contribution in [1.29, 1.82) is 0 Å². The summed E-state index contributed by atoms with van der Waals surface area (Å²) in [5.41, 5.74) is 1.16. The fraction of sp³-hybridized carbons (Fsp3) is 0.611. The molecule has 0 amide bonds. The van der Waals surface area contributed by atoms with E-state index in [4.69, 9.17) is 21.1 Å². The molecule has 1 saturated heterocycles. The summed E-state index contributed by atoms with van der Waals surface area (Å²) in [4.78, 5) is 6.41. The van der Waals surface area contributed by atoms with E-state index in [0.717, 1.165) is 68.9 Å². The number of rotatable bonds is 8. The van der Waals surface area contributed by atoms with Crippen LogP contribution in [0.2, 0.25) is 5.02 Å². The van der Waals surface area contributed by atoms with Crippen LogP contribution in [0.3, 0.4) is 0 Å². The van der Waals surface area contributed by atoms with Crippen LogP contribution in [-0.4, -0.2) is 57.9 Å². The largest absolute Gasteiger partial charge is 0.381 e. The number of halogens is 2. The highest BCUT2D eigenvalue weighted by Gasteiger charge is 2.15. The lowest BCUT2D eigenvalue weighted by Gasteiger charge is -2.22. The SMILES string of the molecule is CN=C(NCCCOCC1CCOC1)N(C)Cc1cccc(Cl)c1.I. The van der Waals surface area contributed by atoms with E-state index in [1.807, 2.05) is 25.2 Å². The lowest BCUT2D eigenvalue weighted by atomic mass is 10.1. The number of nitrogens with one attached hydrogen (secondary N) is 1. The average Bonchev–Trinajstić information content (AvgIpc) is 3.07. The molecule has 1 atom stereocenters. The van der Waals surface area contributed by atoms with Gasteiger partial charge in [0.2, 0.25) is 0 Å². The number of nitrogens with zero attached hydrogens (tertiary/aromatic N) is 2. The van der Waals surface area contributed by atoms with E-state index < -0.39 is 0 Å². The highest BCUT2D eigenvalue weighted by Crippen LogP contribution is 2.13. The lowest BCUT2D eigenvalue weighted by Crippen LogP contribution is -2.39. The molecule has 1 N–H and O–H groups in total. The molecule has 7 heteroatoms. The maximum absolute atomic E-state index is 6.03. The van der Waals surface area contributed by atoms with E-state index in [0.29, 0.717) is 5.92 Å². The molecule has 0 spiro atoms. The van der Waals surface area contributed by atoms with Gasteiger partial charge in [-0.25, -0.2) is 0 Å². The Balaban J connectivity index is 0.00000312. The van der Waals surface area contributed by atoms with Crippen molar-refractivity contribution in [2.24, 2.45) is 10.9 Å². The molecular formula is C18H29ClIN3O2. The van der Waals surface area contributed by atoms with Crippen molar-refractivity contribution < 1.29 is 9.47 Å². The number of hydrogen-bond donors (Lipinski definition) is 1. The molecule has 0 aromatic heterocycles. The normalized spacial score (nSPS) is 17.2. The first-order valence-electron chi connectivity index (χ1n) is 8.50. The predicted molar refractivity (Wildman–Crippen MR) is 114 cm³/mol. The predicted octanol–water partition coefficient (Wildman–Crippen LogP) is 3.41. The third-order valence-electron chi connectivity index (χ3n) is 4.01. The maximum atomic E-state index is 6.03. The van der Waals surface area contributed by atoms with Crippen molar-refractivity contribution in [2.45, 2.75) is 19.4 Å². The van der Waals surface area contributed by atoms with Gasteiger partial charge in [-0.2, -0.15) is 0 Å². The van der Waals surface area contributed by atoms with Crippen molar-refractivity contribution in [3.63, 3.8) is 0 Å². The Kier molecular flexibility index (Phi) is 11.4. The van der Waals surface area contributed by atoms with Crippen molar-refractivity contribution in [3.05, 3.63) is 34.9 Å². The zero-order valence-corrected chi connectivity index (χ0v) is 18.1. The Morgan fingerprint density at radius 2 is 2.32 bits per heavy atom. The van der Waals surface area contributed by atoms with Gasteiger partial charge in [-0.05, 0) is 30.5 Å². The van der Waals surface area contributed by atoms with Crippen LogP contribution in [0.15, 0.2) is 29.3 Å². The van der Waals surface area contributed by atoms with E-state index in [1.54, 1.807) is 7.05 Å². The summed E-state index contributed by atoms with van der Waals surface area (Å²) in [6, 6.07) is 7.90. The van der Waals surface area contributed by atoms with Gasteiger partial charge in [0.25, 0.3) is 0 Å². The van der Waals surface area contributed by atoms with Crippen molar-refractivity contribution >= 4 is 41.5 Å². The molecule has 2 rings (SSSR count). The molecule has 0 radical (unpaired) electrons. The molecule has 25 heavy (non-hydrogen) atoms. The zero-order valence-electron chi connectivity index (χ0n) is 15.0. The second-order valence-electron chi connectivity index (χ2n) is 6.12. The van der Waals surface area contributed by atoms with Crippen molar-refractivity contribution in [2.75, 3.05) is 47.1 Å². The highest BCUT2D eigenvalue weighted by molar-refractivity contribution is 14.0. The van der Waals surface area contributed by atoms with Gasteiger partial charge in [0, 0.05) is 51.3 Å². The number of guanidine groups is 1. The molecule has 5 nitrogen and oxygen atoms in total. The number of benzene rings is 1. The fourth-order valence-corrected chi connectivity index (χ4v) is 2.92. The van der Waals surface area contributed by atoms with Crippen LogP contribution in [0.1, 0.15) is 18.4 Å². The van der Waals surface area contributed by atoms with Crippen LogP contribution in [0.5, 0.6) is 0 Å². The van der Waals surface area contributed by atoms with E-state index in [2.05, 4.69) is 21.3 Å². The van der Waals surface area contributed by atoms with Gasteiger partial charge >= 0.3 is 0 Å². The molecule has 1 aliphatic heterocycles.